The smallest absolute Gasteiger partial charge is 0.251 e. The molecule has 0 saturated heterocycles. The minimum absolute atomic E-state index is 0.0365. The minimum atomic E-state index is -0.188. The van der Waals surface area contributed by atoms with Crippen molar-refractivity contribution >= 4 is 51.2 Å². The molecule has 2 aromatic heterocycles. The van der Waals surface area contributed by atoms with Gasteiger partial charge in [-0.05, 0) is 60.9 Å². The maximum absolute atomic E-state index is 13.1. The Morgan fingerprint density at radius 1 is 0.902 bits per heavy atom. The van der Waals surface area contributed by atoms with Gasteiger partial charge in [-0.1, -0.05) is 43.3 Å². The molecular weight excluding hydrogens is 538 g/mol. The van der Waals surface area contributed by atoms with E-state index in [-0.39, 0.29) is 17.6 Å². The Balaban J connectivity index is 1.38. The molecule has 5 rings (SSSR count). The fourth-order valence-electron chi connectivity index (χ4n) is 4.65. The molecule has 0 saturated carbocycles. The Kier molecular flexibility index (Phi) is 8.88. The van der Waals surface area contributed by atoms with Crippen molar-refractivity contribution in [1.82, 2.24) is 25.0 Å². The van der Waals surface area contributed by atoms with Crippen LogP contribution in [0.15, 0.2) is 65.8 Å². The van der Waals surface area contributed by atoms with Gasteiger partial charge in [-0.25, -0.2) is 9.97 Å². The van der Waals surface area contributed by atoms with E-state index in [1.54, 1.807) is 26.4 Å². The van der Waals surface area contributed by atoms with E-state index < -0.39 is 0 Å². The zero-order valence-electron chi connectivity index (χ0n) is 23.4. The van der Waals surface area contributed by atoms with Crippen LogP contribution in [-0.2, 0) is 11.2 Å². The number of rotatable bonds is 12. The number of methoxy groups -OCH3 is 2. The highest BCUT2D eigenvalue weighted by atomic mass is 32.2. The molecule has 0 radical (unpaired) electrons. The number of hydrogen-bond donors (Lipinski definition) is 2. The summed E-state index contributed by atoms with van der Waals surface area (Å²) < 4.78 is 12.7. The molecule has 5 aromatic rings. The molecule has 0 atom stereocenters. The van der Waals surface area contributed by atoms with Crippen molar-refractivity contribution in [3.8, 4) is 11.5 Å². The lowest BCUT2D eigenvalue weighted by Gasteiger charge is -2.11. The van der Waals surface area contributed by atoms with Gasteiger partial charge >= 0.3 is 0 Å². The summed E-state index contributed by atoms with van der Waals surface area (Å²) in [5.74, 6) is 1.33. The second-order valence-corrected chi connectivity index (χ2v) is 10.5. The quantitative estimate of drug-likeness (QED) is 0.123. The number of nitrogens with zero attached hydrogens (tertiary/aromatic N) is 3. The van der Waals surface area contributed by atoms with E-state index in [0.717, 1.165) is 40.5 Å². The number of amides is 2. The molecule has 41 heavy (non-hydrogen) atoms. The van der Waals surface area contributed by atoms with Crippen LogP contribution in [0, 0.1) is 0 Å². The zero-order valence-corrected chi connectivity index (χ0v) is 24.2. The monoisotopic (exact) mass is 571 g/mol. The van der Waals surface area contributed by atoms with Crippen LogP contribution in [0.5, 0.6) is 11.5 Å². The molecule has 0 unspecified atom stereocenters. The summed E-state index contributed by atoms with van der Waals surface area (Å²) >= 11 is 1.36. The predicted molar refractivity (Wildman–Crippen MR) is 162 cm³/mol. The molecule has 2 amide bonds. The van der Waals surface area contributed by atoms with E-state index in [9.17, 15) is 9.59 Å². The number of thioether (sulfide) groups is 1. The van der Waals surface area contributed by atoms with Gasteiger partial charge in [0.15, 0.2) is 16.7 Å². The van der Waals surface area contributed by atoms with Gasteiger partial charge in [-0.15, -0.1) is 0 Å². The third-order valence-corrected chi connectivity index (χ3v) is 7.74. The van der Waals surface area contributed by atoms with Gasteiger partial charge in [0.25, 0.3) is 5.91 Å². The summed E-state index contributed by atoms with van der Waals surface area (Å²) in [7, 11) is 3.20. The molecule has 0 spiro atoms. The standard InChI is InChI=1S/C31H33N5O4S/c1-4-5-15-32-28(37)19-41-31-35-24-18-21(11-12-22(24)29-34-23-8-6-7-9-25(23)36(29)31)30(38)33-16-14-20-10-13-26(39-2)27(17-20)40-3/h6-13,17-18H,4-5,14-16,19H2,1-3H3,(H,32,37)(H,33,38). The van der Waals surface area contributed by atoms with Gasteiger partial charge in [-0.2, -0.15) is 0 Å². The highest BCUT2D eigenvalue weighted by Crippen LogP contribution is 2.30. The van der Waals surface area contributed by atoms with E-state index in [1.165, 1.54) is 11.8 Å². The number of fused-ring (bicyclic) bond motifs is 5. The highest BCUT2D eigenvalue weighted by molar-refractivity contribution is 7.99. The largest absolute Gasteiger partial charge is 0.493 e. The van der Waals surface area contributed by atoms with Gasteiger partial charge in [0.05, 0.1) is 36.5 Å². The van der Waals surface area contributed by atoms with Crippen LogP contribution in [0.4, 0.5) is 0 Å². The molecule has 9 nitrogen and oxygen atoms in total. The molecule has 0 aliphatic heterocycles. The topological polar surface area (TPSA) is 107 Å². The predicted octanol–water partition coefficient (Wildman–Crippen LogP) is 5.03. The van der Waals surface area contributed by atoms with E-state index in [2.05, 4.69) is 17.6 Å². The number of unbranched alkanes of at least 4 members (excludes halogenated alkanes) is 1. The fourth-order valence-corrected chi connectivity index (χ4v) is 5.49. The average molecular weight is 572 g/mol. The first-order valence-electron chi connectivity index (χ1n) is 13.6. The van der Waals surface area contributed by atoms with Crippen molar-refractivity contribution in [3.05, 3.63) is 71.8 Å². The molecular formula is C31H33N5O4S. The fraction of sp³-hybridized carbons (Fsp3) is 0.290. The Morgan fingerprint density at radius 2 is 1.73 bits per heavy atom. The minimum Gasteiger partial charge on any atom is -0.493 e. The lowest BCUT2D eigenvalue weighted by molar-refractivity contribution is -0.118. The van der Waals surface area contributed by atoms with Gasteiger partial charge in [0.2, 0.25) is 5.91 Å². The van der Waals surface area contributed by atoms with E-state index in [0.29, 0.717) is 47.2 Å². The van der Waals surface area contributed by atoms with Gasteiger partial charge < -0.3 is 20.1 Å². The van der Waals surface area contributed by atoms with E-state index in [1.807, 2.05) is 52.9 Å². The number of carbonyl (C=O) groups excluding carboxylic acids is 2. The molecule has 0 aliphatic rings. The first-order chi connectivity index (χ1) is 20.0. The number of nitrogens with one attached hydrogen (secondary N) is 2. The first-order valence-corrected chi connectivity index (χ1v) is 14.6. The number of para-hydroxylation sites is 2. The number of hydrogen-bond acceptors (Lipinski definition) is 7. The molecule has 2 N–H and O–H groups in total. The maximum Gasteiger partial charge on any atom is 0.251 e. The van der Waals surface area contributed by atoms with Crippen molar-refractivity contribution < 1.29 is 19.1 Å². The third kappa shape index (κ3) is 6.22. The summed E-state index contributed by atoms with van der Waals surface area (Å²) in [6.45, 7) is 3.21. The van der Waals surface area contributed by atoms with Crippen molar-refractivity contribution in [3.63, 3.8) is 0 Å². The molecule has 0 aliphatic carbocycles. The second-order valence-electron chi connectivity index (χ2n) is 9.57. The normalized spacial score (nSPS) is 11.2. The SMILES string of the molecule is CCCCNC(=O)CSc1nc2cc(C(=O)NCCc3ccc(OC)c(OC)c3)ccc2c2nc3ccccc3n12. The Bertz CT molecular complexity index is 1720. The molecule has 0 bridgehead atoms. The Labute approximate surface area is 242 Å². The van der Waals surface area contributed by atoms with Crippen LogP contribution in [0.3, 0.4) is 0 Å². The number of benzene rings is 3. The summed E-state index contributed by atoms with van der Waals surface area (Å²) in [4.78, 5) is 35.3. The van der Waals surface area contributed by atoms with Crippen LogP contribution < -0.4 is 20.1 Å². The maximum atomic E-state index is 13.1. The molecule has 0 fully saturated rings. The van der Waals surface area contributed by atoms with Gasteiger partial charge in [-0.3, -0.25) is 14.0 Å². The summed E-state index contributed by atoms with van der Waals surface area (Å²) in [5.41, 5.74) is 4.68. The van der Waals surface area contributed by atoms with Crippen LogP contribution in [-0.4, -0.2) is 59.2 Å². The molecule has 2 heterocycles. The van der Waals surface area contributed by atoms with E-state index >= 15 is 0 Å². The number of ether oxygens (including phenoxy) is 2. The summed E-state index contributed by atoms with van der Waals surface area (Å²) in [5, 5.41) is 7.44. The molecule has 10 heteroatoms. The van der Waals surface area contributed by atoms with Crippen molar-refractivity contribution in [2.45, 2.75) is 31.3 Å². The lowest BCUT2D eigenvalue weighted by atomic mass is 10.1. The van der Waals surface area contributed by atoms with Crippen molar-refractivity contribution in [1.29, 1.82) is 0 Å². The Morgan fingerprint density at radius 3 is 2.54 bits per heavy atom. The zero-order chi connectivity index (χ0) is 28.8. The van der Waals surface area contributed by atoms with Crippen LogP contribution in [0.1, 0.15) is 35.7 Å². The average Bonchev–Trinajstić information content (AvgIpc) is 3.39. The number of carbonyl (C=O) groups is 2. The number of imidazole rings is 1. The highest BCUT2D eigenvalue weighted by Gasteiger charge is 2.17. The lowest BCUT2D eigenvalue weighted by Crippen LogP contribution is -2.26. The van der Waals surface area contributed by atoms with Crippen LogP contribution in [0.25, 0.3) is 27.6 Å². The second kappa shape index (κ2) is 12.9. The first kappa shape index (κ1) is 28.2. The molecule has 3 aromatic carbocycles. The van der Waals surface area contributed by atoms with Crippen molar-refractivity contribution in [2.24, 2.45) is 0 Å². The van der Waals surface area contributed by atoms with Gasteiger partial charge in [0, 0.05) is 24.0 Å². The van der Waals surface area contributed by atoms with Crippen LogP contribution >= 0.6 is 11.8 Å². The number of aromatic nitrogens is 3. The third-order valence-electron chi connectivity index (χ3n) is 6.80. The van der Waals surface area contributed by atoms with Crippen molar-refractivity contribution in [2.75, 3.05) is 33.1 Å². The molecule has 212 valence electrons. The van der Waals surface area contributed by atoms with Crippen LogP contribution in [0.2, 0.25) is 0 Å². The summed E-state index contributed by atoms with van der Waals surface area (Å²) in [6.07, 6.45) is 2.61. The Hall–Kier alpha value is -4.31. The van der Waals surface area contributed by atoms with Gasteiger partial charge in [0.1, 0.15) is 5.65 Å². The van der Waals surface area contributed by atoms with E-state index in [4.69, 9.17) is 19.4 Å². The summed E-state index contributed by atoms with van der Waals surface area (Å²) in [6, 6.07) is 19.0.